The van der Waals surface area contributed by atoms with Crippen molar-refractivity contribution in [1.29, 1.82) is 0 Å². The average molecular weight is 438 g/mol. The molecule has 0 unspecified atom stereocenters. The minimum atomic E-state index is -0.267. The van der Waals surface area contributed by atoms with Crippen molar-refractivity contribution in [2.45, 2.75) is 37.8 Å². The summed E-state index contributed by atoms with van der Waals surface area (Å²) in [6.07, 6.45) is 6.96. The largest absolute Gasteiger partial charge is 0.415 e. The van der Waals surface area contributed by atoms with Crippen molar-refractivity contribution in [1.82, 2.24) is 25.1 Å². The summed E-state index contributed by atoms with van der Waals surface area (Å²) >= 11 is 1.66. The van der Waals surface area contributed by atoms with Crippen LogP contribution >= 0.6 is 11.8 Å². The van der Waals surface area contributed by atoms with Crippen molar-refractivity contribution in [2.75, 3.05) is 18.8 Å². The number of nitrogens with zero attached hydrogens (tertiary/aromatic N) is 4. The highest BCUT2D eigenvalue weighted by molar-refractivity contribution is 7.99. The molecule has 1 fully saturated rings. The molecule has 1 N–H and O–H groups in total. The third-order valence-corrected chi connectivity index (χ3v) is 6.58. The highest BCUT2D eigenvalue weighted by atomic mass is 32.2. The van der Waals surface area contributed by atoms with Gasteiger partial charge in [-0.15, -0.1) is 5.10 Å². The summed E-state index contributed by atoms with van der Waals surface area (Å²) in [4.78, 5) is 22.9. The molecule has 1 aromatic carbocycles. The molecule has 0 spiro atoms. The molecule has 3 aromatic rings. The molecule has 31 heavy (non-hydrogen) atoms. The number of aromatic nitrogens is 4. The highest BCUT2D eigenvalue weighted by Crippen LogP contribution is 2.25. The van der Waals surface area contributed by atoms with E-state index >= 15 is 0 Å². The number of piperidine rings is 1. The summed E-state index contributed by atoms with van der Waals surface area (Å²) in [5, 5.41) is 7.57. The van der Waals surface area contributed by atoms with E-state index in [-0.39, 0.29) is 6.09 Å². The maximum atomic E-state index is 12.5. The van der Waals surface area contributed by atoms with E-state index in [4.69, 9.17) is 4.74 Å². The van der Waals surface area contributed by atoms with Gasteiger partial charge in [0.15, 0.2) is 0 Å². The zero-order chi connectivity index (χ0) is 21.5. The number of pyridine rings is 1. The van der Waals surface area contributed by atoms with Crippen LogP contribution in [0.3, 0.4) is 0 Å². The number of carbonyl (C=O) groups excluding carboxylic acids is 1. The van der Waals surface area contributed by atoms with Gasteiger partial charge in [-0.3, -0.25) is 10.1 Å². The molecule has 1 aliphatic heterocycles. The van der Waals surface area contributed by atoms with E-state index in [9.17, 15) is 4.79 Å². The number of H-pyrrole nitrogens is 1. The fraction of sp³-hybridized carbons (Fsp3) is 0.391. The summed E-state index contributed by atoms with van der Waals surface area (Å²) < 4.78 is 5.58. The monoisotopic (exact) mass is 437 g/mol. The number of ether oxygens (including phenoxy) is 1. The molecular formula is C23H27N5O2S. The second kappa shape index (κ2) is 10.4. The lowest BCUT2D eigenvalue weighted by atomic mass is 9.99. The zero-order valence-corrected chi connectivity index (χ0v) is 18.5. The number of aromatic amines is 1. The standard InChI is InChI=1S/C23H27N5O2S/c1-17-2-6-20(24-14-17)7-3-18-4-8-21(9-5-18)30-23(29)28-12-10-19(11-13-28)15-31-22-25-16-26-27-22/h2,4-6,8-9,14,16,19H,3,7,10-13,15H2,1H3,(H,25,26,27). The highest BCUT2D eigenvalue weighted by Gasteiger charge is 2.24. The molecule has 1 saturated heterocycles. The molecular weight excluding hydrogens is 410 g/mol. The van der Waals surface area contributed by atoms with Gasteiger partial charge >= 0.3 is 6.09 Å². The van der Waals surface area contributed by atoms with E-state index in [2.05, 4.69) is 32.3 Å². The molecule has 0 bridgehead atoms. The zero-order valence-electron chi connectivity index (χ0n) is 17.7. The van der Waals surface area contributed by atoms with Crippen molar-refractivity contribution in [3.63, 3.8) is 0 Å². The van der Waals surface area contributed by atoms with E-state index in [1.54, 1.807) is 23.0 Å². The van der Waals surface area contributed by atoms with Gasteiger partial charge in [-0.1, -0.05) is 30.0 Å². The van der Waals surface area contributed by atoms with Crippen molar-refractivity contribution >= 4 is 17.9 Å². The van der Waals surface area contributed by atoms with Crippen molar-refractivity contribution in [3.8, 4) is 5.75 Å². The number of nitrogens with one attached hydrogen (secondary N) is 1. The fourth-order valence-corrected chi connectivity index (χ4v) is 4.51. The number of thioether (sulfide) groups is 1. The van der Waals surface area contributed by atoms with Crippen molar-refractivity contribution in [3.05, 3.63) is 65.7 Å². The van der Waals surface area contributed by atoms with Crippen LogP contribution in [0.25, 0.3) is 0 Å². The molecule has 4 rings (SSSR count). The second-order valence-corrected chi connectivity index (χ2v) is 8.85. The number of amides is 1. The van der Waals surface area contributed by atoms with Gasteiger partial charge in [-0.25, -0.2) is 9.78 Å². The first-order valence-corrected chi connectivity index (χ1v) is 11.6. The van der Waals surface area contributed by atoms with Crippen molar-refractivity contribution < 1.29 is 9.53 Å². The van der Waals surface area contributed by atoms with Crippen LogP contribution in [0.5, 0.6) is 5.75 Å². The fourth-order valence-electron chi connectivity index (χ4n) is 3.55. The third kappa shape index (κ3) is 6.30. The predicted molar refractivity (Wildman–Crippen MR) is 120 cm³/mol. The predicted octanol–water partition coefficient (Wildman–Crippen LogP) is 4.30. The SMILES string of the molecule is Cc1ccc(CCc2ccc(OC(=O)N3CCC(CSc4nc[nH]n4)CC3)cc2)nc1. The number of rotatable bonds is 7. The van der Waals surface area contributed by atoms with Crippen LogP contribution in [0.4, 0.5) is 4.79 Å². The van der Waals surface area contributed by atoms with Crippen LogP contribution in [-0.4, -0.2) is 50.0 Å². The maximum absolute atomic E-state index is 12.5. The third-order valence-electron chi connectivity index (χ3n) is 5.48. The molecule has 0 saturated carbocycles. The Morgan fingerprint density at radius 3 is 2.61 bits per heavy atom. The Kier molecular flexibility index (Phi) is 7.19. The first-order chi connectivity index (χ1) is 15.2. The number of likely N-dealkylation sites (tertiary alicyclic amines) is 1. The van der Waals surface area contributed by atoms with Crippen LogP contribution in [0, 0.1) is 12.8 Å². The molecule has 3 heterocycles. The number of hydrogen-bond donors (Lipinski definition) is 1. The van der Waals surface area contributed by atoms with Crippen LogP contribution in [0.2, 0.25) is 0 Å². The molecule has 7 nitrogen and oxygen atoms in total. The van der Waals surface area contributed by atoms with Crippen LogP contribution in [0.1, 0.15) is 29.7 Å². The Labute approximate surface area is 186 Å². The molecule has 2 aromatic heterocycles. The molecule has 1 aliphatic rings. The van der Waals surface area contributed by atoms with E-state index < -0.39 is 0 Å². The summed E-state index contributed by atoms with van der Waals surface area (Å²) in [6.45, 7) is 3.48. The number of benzene rings is 1. The van der Waals surface area contributed by atoms with Gasteiger partial charge in [-0.2, -0.15) is 0 Å². The molecule has 0 atom stereocenters. The lowest BCUT2D eigenvalue weighted by Crippen LogP contribution is -2.40. The normalized spacial score (nSPS) is 14.5. The van der Waals surface area contributed by atoms with E-state index in [0.29, 0.717) is 11.7 Å². The second-order valence-electron chi connectivity index (χ2n) is 7.86. The Morgan fingerprint density at radius 1 is 1.13 bits per heavy atom. The van der Waals surface area contributed by atoms with Crippen LogP contribution in [0.15, 0.2) is 54.1 Å². The van der Waals surface area contributed by atoms with Crippen molar-refractivity contribution in [2.24, 2.45) is 5.92 Å². The number of aryl methyl sites for hydroxylation is 3. The Balaban J connectivity index is 1.19. The van der Waals surface area contributed by atoms with Gasteiger partial charge in [-0.05, 0) is 67.9 Å². The Bertz CT molecular complexity index is 953. The smallest absolute Gasteiger partial charge is 0.410 e. The summed E-state index contributed by atoms with van der Waals surface area (Å²) in [6, 6.07) is 11.9. The van der Waals surface area contributed by atoms with Gasteiger partial charge in [0.2, 0.25) is 5.16 Å². The summed E-state index contributed by atoms with van der Waals surface area (Å²) in [5.74, 6) is 2.12. The maximum Gasteiger partial charge on any atom is 0.415 e. The lowest BCUT2D eigenvalue weighted by molar-refractivity contribution is 0.134. The van der Waals surface area contributed by atoms with Crippen LogP contribution in [-0.2, 0) is 12.8 Å². The lowest BCUT2D eigenvalue weighted by Gasteiger charge is -2.30. The van der Waals surface area contributed by atoms with Gasteiger partial charge in [0.1, 0.15) is 12.1 Å². The quantitative estimate of drug-likeness (QED) is 0.555. The average Bonchev–Trinajstić information content (AvgIpc) is 3.32. The van der Waals surface area contributed by atoms with Gasteiger partial charge in [0, 0.05) is 30.7 Å². The van der Waals surface area contributed by atoms with Crippen LogP contribution < -0.4 is 4.74 Å². The van der Waals surface area contributed by atoms with E-state index in [1.165, 1.54) is 11.1 Å². The van der Waals surface area contributed by atoms with Gasteiger partial charge < -0.3 is 9.64 Å². The topological polar surface area (TPSA) is 84.0 Å². The number of hydrogen-bond acceptors (Lipinski definition) is 6. The molecule has 162 valence electrons. The van der Waals surface area contributed by atoms with Gasteiger partial charge in [0.25, 0.3) is 0 Å². The molecule has 1 amide bonds. The number of carbonyl (C=O) groups is 1. The molecule has 8 heteroatoms. The summed E-state index contributed by atoms with van der Waals surface area (Å²) in [7, 11) is 0. The van der Waals surface area contributed by atoms with E-state index in [1.807, 2.05) is 37.4 Å². The first kappa shape index (κ1) is 21.4. The Hall–Kier alpha value is -2.87. The molecule has 0 aliphatic carbocycles. The molecule has 0 radical (unpaired) electrons. The Morgan fingerprint density at radius 2 is 1.94 bits per heavy atom. The first-order valence-electron chi connectivity index (χ1n) is 10.6. The minimum absolute atomic E-state index is 0.267. The minimum Gasteiger partial charge on any atom is -0.410 e. The van der Waals surface area contributed by atoms with Gasteiger partial charge in [0.05, 0.1) is 0 Å². The summed E-state index contributed by atoms with van der Waals surface area (Å²) in [5.41, 5.74) is 3.46. The van der Waals surface area contributed by atoms with E-state index in [0.717, 1.165) is 55.4 Å².